The van der Waals surface area contributed by atoms with Crippen LogP contribution < -0.4 is 15.4 Å². The van der Waals surface area contributed by atoms with E-state index < -0.39 is 6.04 Å². The van der Waals surface area contributed by atoms with Crippen molar-refractivity contribution in [3.8, 4) is 5.75 Å². The van der Waals surface area contributed by atoms with E-state index in [1.807, 2.05) is 23.1 Å². The molecule has 1 aliphatic heterocycles. The molecule has 1 heterocycles. The van der Waals surface area contributed by atoms with Gasteiger partial charge in [-0.05, 0) is 62.4 Å². The molecule has 0 aromatic heterocycles. The molecule has 3 rings (SSSR count). The molecule has 0 spiro atoms. The number of anilines is 1. The highest BCUT2D eigenvalue weighted by molar-refractivity contribution is 5.82. The quantitative estimate of drug-likeness (QED) is 0.479. The van der Waals surface area contributed by atoms with Crippen molar-refractivity contribution in [2.75, 3.05) is 24.5 Å². The fourth-order valence-corrected chi connectivity index (χ4v) is 4.33. The molecule has 0 unspecified atom stereocenters. The molecule has 5 nitrogen and oxygen atoms in total. The van der Waals surface area contributed by atoms with Crippen molar-refractivity contribution < 1.29 is 9.53 Å². The minimum absolute atomic E-state index is 0.101. The molecule has 1 saturated heterocycles. The Kier molecular flexibility index (Phi) is 9.58. The Bertz CT molecular complexity index is 914. The Balaban J connectivity index is 1.64. The van der Waals surface area contributed by atoms with Gasteiger partial charge in [-0.15, -0.1) is 0 Å². The first-order valence-electron chi connectivity index (χ1n) is 12.6. The van der Waals surface area contributed by atoms with Crippen molar-refractivity contribution >= 4 is 11.6 Å². The number of hydrogen-bond donors (Lipinski definition) is 1. The Hall–Kier alpha value is -2.79. The van der Waals surface area contributed by atoms with Crippen LogP contribution in [0.4, 0.5) is 5.69 Å². The number of amides is 1. The van der Waals surface area contributed by atoms with Crippen molar-refractivity contribution in [3.63, 3.8) is 0 Å². The van der Waals surface area contributed by atoms with Gasteiger partial charge in [-0.25, -0.2) is 0 Å². The lowest BCUT2D eigenvalue weighted by molar-refractivity contribution is -0.134. The molecule has 2 atom stereocenters. The number of benzene rings is 2. The number of ether oxygens (including phenoxy) is 1. The van der Waals surface area contributed by atoms with E-state index in [4.69, 9.17) is 10.5 Å². The van der Waals surface area contributed by atoms with E-state index in [1.54, 1.807) is 0 Å². The van der Waals surface area contributed by atoms with E-state index in [0.29, 0.717) is 12.6 Å². The van der Waals surface area contributed by atoms with Crippen LogP contribution in [0.1, 0.15) is 52.5 Å². The second-order valence-corrected chi connectivity index (χ2v) is 9.67. The zero-order chi connectivity index (χ0) is 24.5. The van der Waals surface area contributed by atoms with Gasteiger partial charge in [0.1, 0.15) is 12.4 Å². The highest BCUT2D eigenvalue weighted by atomic mass is 16.5. The number of carbonyl (C=O) groups excluding carboxylic acids is 1. The zero-order valence-corrected chi connectivity index (χ0v) is 21.2. The Morgan fingerprint density at radius 3 is 2.35 bits per heavy atom. The number of nitrogens with two attached hydrogens (primary N) is 1. The summed E-state index contributed by atoms with van der Waals surface area (Å²) in [6.45, 7) is 11.4. The van der Waals surface area contributed by atoms with Gasteiger partial charge in [0.15, 0.2) is 0 Å². The van der Waals surface area contributed by atoms with E-state index in [2.05, 4.69) is 75.1 Å². The lowest BCUT2D eigenvalue weighted by atomic mass is 9.96. The highest BCUT2D eigenvalue weighted by Crippen LogP contribution is 2.27. The van der Waals surface area contributed by atoms with Crippen LogP contribution in [0.5, 0.6) is 5.75 Å². The number of likely N-dealkylation sites (tertiary alicyclic amines) is 1. The van der Waals surface area contributed by atoms with Crippen molar-refractivity contribution in [2.24, 2.45) is 11.7 Å². The summed E-state index contributed by atoms with van der Waals surface area (Å²) in [7, 11) is 0. The Morgan fingerprint density at radius 1 is 1.12 bits per heavy atom. The van der Waals surface area contributed by atoms with Crippen LogP contribution in [0, 0.1) is 5.92 Å². The van der Waals surface area contributed by atoms with Crippen LogP contribution >= 0.6 is 0 Å². The van der Waals surface area contributed by atoms with Crippen LogP contribution in [0.2, 0.25) is 0 Å². The molecule has 0 saturated carbocycles. The second-order valence-electron chi connectivity index (χ2n) is 9.67. The molecule has 1 fully saturated rings. The van der Waals surface area contributed by atoms with Gasteiger partial charge >= 0.3 is 0 Å². The standard InChI is InChI=1S/C29H41N3O2/c1-5-23(4)28(30)29(33)31-18-16-26(17-19-31)32(20-15-22(2)3)25-11-13-27(14-12-25)34-21-24-9-7-6-8-10-24/h6-15,23,26,28H,5,16-21,30H2,1-4H3/t23-,28-/m0/s1. The summed E-state index contributed by atoms with van der Waals surface area (Å²) in [5.41, 5.74) is 9.87. The van der Waals surface area contributed by atoms with Gasteiger partial charge in [0.05, 0.1) is 6.04 Å². The van der Waals surface area contributed by atoms with Crippen LogP contribution in [0.25, 0.3) is 0 Å². The van der Waals surface area contributed by atoms with Gasteiger partial charge in [0, 0.05) is 31.4 Å². The average Bonchev–Trinajstić information content (AvgIpc) is 2.87. The van der Waals surface area contributed by atoms with Crippen molar-refractivity contribution in [1.29, 1.82) is 0 Å². The van der Waals surface area contributed by atoms with Crippen molar-refractivity contribution in [1.82, 2.24) is 4.90 Å². The van der Waals surface area contributed by atoms with E-state index >= 15 is 0 Å². The monoisotopic (exact) mass is 463 g/mol. The van der Waals surface area contributed by atoms with E-state index in [9.17, 15) is 4.79 Å². The number of rotatable bonds is 10. The summed E-state index contributed by atoms with van der Waals surface area (Å²) in [5, 5.41) is 0. The number of nitrogens with zero attached hydrogens (tertiary/aromatic N) is 2. The first kappa shape index (κ1) is 25.8. The average molecular weight is 464 g/mol. The molecule has 34 heavy (non-hydrogen) atoms. The third kappa shape index (κ3) is 7.10. The van der Waals surface area contributed by atoms with Gasteiger partial charge in [-0.3, -0.25) is 4.79 Å². The summed E-state index contributed by atoms with van der Waals surface area (Å²) >= 11 is 0. The third-order valence-corrected chi connectivity index (χ3v) is 6.87. The number of allylic oxidation sites excluding steroid dienone is 1. The lowest BCUT2D eigenvalue weighted by Gasteiger charge is -2.40. The summed E-state index contributed by atoms with van der Waals surface area (Å²) in [6.07, 6.45) is 5.09. The van der Waals surface area contributed by atoms with Gasteiger partial charge in [-0.2, -0.15) is 0 Å². The van der Waals surface area contributed by atoms with Crippen LogP contribution in [0.3, 0.4) is 0 Å². The molecular weight excluding hydrogens is 422 g/mol. The predicted octanol–water partition coefficient (Wildman–Crippen LogP) is 5.40. The molecule has 2 N–H and O–H groups in total. The van der Waals surface area contributed by atoms with Crippen LogP contribution in [-0.2, 0) is 11.4 Å². The summed E-state index contributed by atoms with van der Waals surface area (Å²) < 4.78 is 5.98. The van der Waals surface area contributed by atoms with Crippen LogP contribution in [-0.4, -0.2) is 42.5 Å². The van der Waals surface area contributed by atoms with E-state index in [0.717, 1.165) is 50.2 Å². The molecule has 184 valence electrons. The summed E-state index contributed by atoms with van der Waals surface area (Å²) in [5.74, 6) is 1.18. The zero-order valence-electron chi connectivity index (χ0n) is 21.2. The van der Waals surface area contributed by atoms with Gasteiger partial charge in [0.2, 0.25) is 5.91 Å². The van der Waals surface area contributed by atoms with Gasteiger partial charge in [0.25, 0.3) is 0 Å². The molecule has 1 amide bonds. The van der Waals surface area contributed by atoms with E-state index in [-0.39, 0.29) is 11.8 Å². The summed E-state index contributed by atoms with van der Waals surface area (Å²) in [4.78, 5) is 17.3. The van der Waals surface area contributed by atoms with Gasteiger partial charge < -0.3 is 20.3 Å². The molecule has 0 radical (unpaired) electrons. The smallest absolute Gasteiger partial charge is 0.239 e. The lowest BCUT2D eigenvalue weighted by Crippen LogP contribution is -2.52. The third-order valence-electron chi connectivity index (χ3n) is 6.87. The Morgan fingerprint density at radius 2 is 1.76 bits per heavy atom. The minimum atomic E-state index is -0.397. The first-order chi connectivity index (χ1) is 16.4. The molecular formula is C29H41N3O2. The largest absolute Gasteiger partial charge is 0.489 e. The second kappa shape index (κ2) is 12.6. The van der Waals surface area contributed by atoms with E-state index in [1.165, 1.54) is 11.3 Å². The topological polar surface area (TPSA) is 58.8 Å². The molecule has 1 aliphatic rings. The van der Waals surface area contributed by atoms with Crippen molar-refractivity contribution in [3.05, 3.63) is 71.8 Å². The maximum absolute atomic E-state index is 12.8. The molecule has 5 heteroatoms. The molecule has 2 aromatic carbocycles. The maximum Gasteiger partial charge on any atom is 0.239 e. The maximum atomic E-state index is 12.8. The predicted molar refractivity (Wildman–Crippen MR) is 141 cm³/mol. The van der Waals surface area contributed by atoms with Crippen molar-refractivity contribution in [2.45, 2.75) is 65.6 Å². The Labute approximate surface area is 205 Å². The van der Waals surface area contributed by atoms with Crippen LogP contribution in [0.15, 0.2) is 66.2 Å². The molecule has 0 bridgehead atoms. The SMILES string of the molecule is CC[C@H](C)[C@H](N)C(=O)N1CCC(N(CC=C(C)C)c2ccc(OCc3ccccc3)cc2)CC1. The number of hydrogen-bond acceptors (Lipinski definition) is 4. The fourth-order valence-electron chi connectivity index (χ4n) is 4.33. The molecule has 2 aromatic rings. The minimum Gasteiger partial charge on any atom is -0.489 e. The number of piperidine rings is 1. The fraction of sp³-hybridized carbons (Fsp3) is 0.483. The summed E-state index contributed by atoms with van der Waals surface area (Å²) in [6, 6.07) is 18.6. The molecule has 0 aliphatic carbocycles. The highest BCUT2D eigenvalue weighted by Gasteiger charge is 2.30. The normalized spacial score (nSPS) is 16.0. The first-order valence-corrected chi connectivity index (χ1v) is 12.6. The van der Waals surface area contributed by atoms with Gasteiger partial charge in [-0.1, -0.05) is 62.2 Å². The number of carbonyl (C=O) groups is 1.